The summed E-state index contributed by atoms with van der Waals surface area (Å²) in [5.41, 5.74) is 0.447. The van der Waals surface area contributed by atoms with Crippen molar-refractivity contribution in [3.05, 3.63) is 23.6 Å². The van der Waals surface area contributed by atoms with Crippen molar-refractivity contribution in [2.45, 2.75) is 52.4 Å². The zero-order valence-electron chi connectivity index (χ0n) is 13.8. The monoisotopic (exact) mass is 306 g/mol. The number of hydrogen-bond donors (Lipinski definition) is 2. The van der Waals surface area contributed by atoms with Gasteiger partial charge in [-0.25, -0.2) is 4.79 Å². The first-order chi connectivity index (χ1) is 10.1. The standard InChI is InChI=1S/C15H22N4O3/c1-14(2,3)9-7-12(22-18-9)17-13(20)16-11-8-10(21-19-11)15(4,5)6/h7-8H,1-6H3,(H2,16,17,19,20). The topological polar surface area (TPSA) is 93.2 Å². The third kappa shape index (κ3) is 3.87. The lowest BCUT2D eigenvalue weighted by molar-refractivity contribution is 0.261. The van der Waals surface area contributed by atoms with Crippen LogP contribution in [-0.4, -0.2) is 16.3 Å². The Morgan fingerprint density at radius 2 is 1.64 bits per heavy atom. The van der Waals surface area contributed by atoms with Crippen LogP contribution in [0.2, 0.25) is 0 Å². The predicted molar refractivity (Wildman–Crippen MR) is 83.0 cm³/mol. The first-order valence-corrected chi connectivity index (χ1v) is 7.08. The van der Waals surface area contributed by atoms with Gasteiger partial charge in [-0.3, -0.25) is 10.6 Å². The molecule has 7 nitrogen and oxygen atoms in total. The lowest BCUT2D eigenvalue weighted by Crippen LogP contribution is -2.19. The summed E-state index contributed by atoms with van der Waals surface area (Å²) in [5, 5.41) is 12.9. The molecule has 0 unspecified atom stereocenters. The minimum atomic E-state index is -0.467. The van der Waals surface area contributed by atoms with Crippen LogP contribution in [0.5, 0.6) is 0 Å². The van der Waals surface area contributed by atoms with E-state index in [9.17, 15) is 4.79 Å². The van der Waals surface area contributed by atoms with Gasteiger partial charge in [-0.2, -0.15) is 0 Å². The Morgan fingerprint density at radius 1 is 0.955 bits per heavy atom. The molecule has 0 radical (unpaired) electrons. The van der Waals surface area contributed by atoms with E-state index in [1.54, 1.807) is 12.1 Å². The highest BCUT2D eigenvalue weighted by Crippen LogP contribution is 2.25. The molecule has 2 heterocycles. The quantitative estimate of drug-likeness (QED) is 0.877. The molecule has 0 aromatic carbocycles. The van der Waals surface area contributed by atoms with Crippen LogP contribution < -0.4 is 10.6 Å². The Morgan fingerprint density at radius 3 is 2.14 bits per heavy atom. The molecular formula is C15H22N4O3. The molecule has 0 aliphatic heterocycles. The van der Waals surface area contributed by atoms with E-state index in [2.05, 4.69) is 20.9 Å². The van der Waals surface area contributed by atoms with Gasteiger partial charge in [0.2, 0.25) is 5.88 Å². The summed E-state index contributed by atoms with van der Waals surface area (Å²) < 4.78 is 10.3. The summed E-state index contributed by atoms with van der Waals surface area (Å²) in [4.78, 5) is 11.9. The summed E-state index contributed by atoms with van der Waals surface area (Å²) in [6, 6.07) is 2.93. The highest BCUT2D eigenvalue weighted by Gasteiger charge is 2.22. The van der Waals surface area contributed by atoms with Gasteiger partial charge in [-0.05, 0) is 0 Å². The van der Waals surface area contributed by atoms with Crippen LogP contribution in [0.3, 0.4) is 0 Å². The van der Waals surface area contributed by atoms with E-state index in [4.69, 9.17) is 9.05 Å². The molecule has 2 amide bonds. The second-order valence-electron chi connectivity index (χ2n) is 7.23. The highest BCUT2D eigenvalue weighted by molar-refractivity contribution is 5.98. The van der Waals surface area contributed by atoms with Crippen molar-refractivity contribution >= 4 is 17.7 Å². The minimum Gasteiger partial charge on any atom is -0.359 e. The van der Waals surface area contributed by atoms with Crippen LogP contribution in [0.4, 0.5) is 16.5 Å². The molecule has 0 saturated carbocycles. The number of urea groups is 1. The van der Waals surface area contributed by atoms with Gasteiger partial charge in [-0.15, -0.1) is 0 Å². The molecular weight excluding hydrogens is 284 g/mol. The maximum atomic E-state index is 11.9. The molecule has 2 aromatic heterocycles. The van der Waals surface area contributed by atoms with Gasteiger partial charge in [0.05, 0.1) is 5.69 Å². The van der Waals surface area contributed by atoms with Crippen molar-refractivity contribution in [2.75, 3.05) is 10.6 Å². The minimum absolute atomic E-state index is 0.145. The average Bonchev–Trinajstić information content (AvgIpc) is 2.96. The van der Waals surface area contributed by atoms with Crippen LogP contribution in [0.1, 0.15) is 53.0 Å². The molecule has 0 atom stereocenters. The van der Waals surface area contributed by atoms with Gasteiger partial charge in [0.15, 0.2) is 5.82 Å². The van der Waals surface area contributed by atoms with Gasteiger partial charge in [0.25, 0.3) is 0 Å². The molecule has 0 fully saturated rings. The van der Waals surface area contributed by atoms with E-state index >= 15 is 0 Å². The number of amides is 2. The molecule has 2 aromatic rings. The molecule has 2 N–H and O–H groups in total. The summed E-state index contributed by atoms with van der Waals surface area (Å²) in [6.07, 6.45) is 0. The van der Waals surface area contributed by atoms with Crippen molar-refractivity contribution in [3.8, 4) is 0 Å². The van der Waals surface area contributed by atoms with E-state index in [0.717, 1.165) is 5.69 Å². The van der Waals surface area contributed by atoms with Gasteiger partial charge >= 0.3 is 6.03 Å². The van der Waals surface area contributed by atoms with Crippen molar-refractivity contribution in [2.24, 2.45) is 0 Å². The van der Waals surface area contributed by atoms with Crippen LogP contribution in [0.25, 0.3) is 0 Å². The molecule has 2 rings (SSSR count). The number of carbonyl (C=O) groups is 1. The van der Waals surface area contributed by atoms with Gasteiger partial charge in [-0.1, -0.05) is 51.9 Å². The van der Waals surface area contributed by atoms with Gasteiger partial charge in [0.1, 0.15) is 5.76 Å². The Hall–Kier alpha value is -2.31. The molecule has 0 aliphatic rings. The maximum Gasteiger partial charge on any atom is 0.327 e. The Bertz CT molecular complexity index is 603. The van der Waals surface area contributed by atoms with Gasteiger partial charge in [0, 0.05) is 23.0 Å². The van der Waals surface area contributed by atoms with Crippen molar-refractivity contribution in [1.29, 1.82) is 0 Å². The van der Waals surface area contributed by atoms with Crippen LogP contribution in [0, 0.1) is 0 Å². The molecule has 0 aliphatic carbocycles. The predicted octanol–water partition coefficient (Wildman–Crippen LogP) is 3.90. The van der Waals surface area contributed by atoms with Crippen molar-refractivity contribution < 1.29 is 13.8 Å². The van der Waals surface area contributed by atoms with E-state index in [1.165, 1.54) is 0 Å². The Labute approximate surface area is 129 Å². The summed E-state index contributed by atoms with van der Waals surface area (Å²) in [5.74, 6) is 1.32. The third-order valence-electron chi connectivity index (χ3n) is 3.01. The number of aromatic nitrogens is 2. The summed E-state index contributed by atoms with van der Waals surface area (Å²) >= 11 is 0. The van der Waals surface area contributed by atoms with Crippen LogP contribution in [0.15, 0.2) is 21.2 Å². The molecule has 7 heteroatoms. The number of hydrogen-bond acceptors (Lipinski definition) is 5. The average molecular weight is 306 g/mol. The second kappa shape index (κ2) is 5.47. The number of rotatable bonds is 2. The number of nitrogens with one attached hydrogen (secondary N) is 2. The largest absolute Gasteiger partial charge is 0.359 e. The lowest BCUT2D eigenvalue weighted by Gasteiger charge is -2.12. The first-order valence-electron chi connectivity index (χ1n) is 7.08. The second-order valence-corrected chi connectivity index (χ2v) is 7.23. The Balaban J connectivity index is 1.99. The van der Waals surface area contributed by atoms with E-state index in [0.29, 0.717) is 11.6 Å². The molecule has 0 bridgehead atoms. The molecule has 120 valence electrons. The summed E-state index contributed by atoms with van der Waals surface area (Å²) in [6.45, 7) is 12.0. The van der Waals surface area contributed by atoms with E-state index < -0.39 is 6.03 Å². The van der Waals surface area contributed by atoms with Crippen LogP contribution >= 0.6 is 0 Å². The SMILES string of the molecule is CC(C)(C)c1cc(NC(=O)Nc2cc(C(C)(C)C)on2)on1. The lowest BCUT2D eigenvalue weighted by atomic mass is 9.92. The number of nitrogens with zero attached hydrogens (tertiary/aromatic N) is 2. The fraction of sp³-hybridized carbons (Fsp3) is 0.533. The Kier molecular flexibility index (Phi) is 4.00. The molecule has 0 spiro atoms. The van der Waals surface area contributed by atoms with Crippen LogP contribution in [-0.2, 0) is 10.8 Å². The first kappa shape index (κ1) is 16.1. The highest BCUT2D eigenvalue weighted by atomic mass is 16.5. The fourth-order valence-electron chi connectivity index (χ4n) is 1.63. The zero-order valence-corrected chi connectivity index (χ0v) is 13.8. The zero-order chi connectivity index (χ0) is 16.5. The molecule has 0 saturated heterocycles. The summed E-state index contributed by atoms with van der Waals surface area (Å²) in [7, 11) is 0. The fourth-order valence-corrected chi connectivity index (χ4v) is 1.63. The smallest absolute Gasteiger partial charge is 0.327 e. The molecule has 22 heavy (non-hydrogen) atoms. The third-order valence-corrected chi connectivity index (χ3v) is 3.01. The normalized spacial score (nSPS) is 12.3. The number of anilines is 2. The maximum absolute atomic E-state index is 11.9. The van der Waals surface area contributed by atoms with E-state index in [1.807, 2.05) is 41.5 Å². The van der Waals surface area contributed by atoms with E-state index in [-0.39, 0.29) is 16.7 Å². The van der Waals surface area contributed by atoms with Crippen molar-refractivity contribution in [3.63, 3.8) is 0 Å². The van der Waals surface area contributed by atoms with Gasteiger partial charge < -0.3 is 9.05 Å². The number of carbonyl (C=O) groups excluding carboxylic acids is 1. The van der Waals surface area contributed by atoms with Crippen molar-refractivity contribution in [1.82, 2.24) is 10.3 Å².